The summed E-state index contributed by atoms with van der Waals surface area (Å²) in [6.07, 6.45) is 0. The summed E-state index contributed by atoms with van der Waals surface area (Å²) in [7, 11) is 1.86. The van der Waals surface area contributed by atoms with Gasteiger partial charge in [0.05, 0.1) is 0 Å². The zero-order chi connectivity index (χ0) is 12.4. The third-order valence-corrected chi connectivity index (χ3v) is 3.66. The number of carbonyl (C=O) groups excluding carboxylic acids is 1. The number of carbonyl (C=O) groups is 1. The molecule has 0 spiro atoms. The predicted molar refractivity (Wildman–Crippen MR) is 70.1 cm³/mol. The number of nitrogens with zero attached hydrogens (tertiary/aromatic N) is 1. The van der Waals surface area contributed by atoms with Crippen molar-refractivity contribution >= 4 is 11.6 Å². The molecule has 1 saturated heterocycles. The topological polar surface area (TPSA) is 32.3 Å². The molecule has 0 aromatic heterocycles. The lowest BCUT2D eigenvalue weighted by molar-refractivity contribution is -0.123. The van der Waals surface area contributed by atoms with Crippen LogP contribution in [0.3, 0.4) is 0 Å². The molecule has 0 aliphatic carbocycles. The average molecular weight is 232 g/mol. The van der Waals surface area contributed by atoms with Crippen molar-refractivity contribution < 1.29 is 4.79 Å². The Kier molecular flexibility index (Phi) is 3.48. The Hall–Kier alpha value is -1.35. The van der Waals surface area contributed by atoms with Crippen LogP contribution in [0.15, 0.2) is 24.3 Å². The van der Waals surface area contributed by atoms with Gasteiger partial charge in [-0.1, -0.05) is 24.6 Å². The van der Waals surface area contributed by atoms with Crippen molar-refractivity contribution in [3.8, 4) is 0 Å². The highest BCUT2D eigenvalue weighted by Crippen LogP contribution is 2.21. The molecule has 1 heterocycles. The Morgan fingerprint density at radius 1 is 1.35 bits per heavy atom. The van der Waals surface area contributed by atoms with Crippen molar-refractivity contribution in [3.63, 3.8) is 0 Å². The Bertz CT molecular complexity index is 395. The van der Waals surface area contributed by atoms with Crippen LogP contribution in [-0.2, 0) is 4.79 Å². The molecule has 1 unspecified atom stereocenters. The van der Waals surface area contributed by atoms with E-state index in [0.29, 0.717) is 5.92 Å². The zero-order valence-electron chi connectivity index (χ0n) is 10.7. The fourth-order valence-corrected chi connectivity index (χ4v) is 2.07. The van der Waals surface area contributed by atoms with E-state index in [9.17, 15) is 4.79 Å². The number of rotatable bonds is 3. The Morgan fingerprint density at radius 3 is 2.41 bits per heavy atom. The van der Waals surface area contributed by atoms with Crippen molar-refractivity contribution in [3.05, 3.63) is 29.8 Å². The normalized spacial score (nSPS) is 17.4. The number of nitrogens with one attached hydrogen (secondary N) is 1. The molecule has 1 fully saturated rings. The summed E-state index contributed by atoms with van der Waals surface area (Å²) >= 11 is 0. The van der Waals surface area contributed by atoms with Gasteiger partial charge < -0.3 is 10.2 Å². The van der Waals surface area contributed by atoms with E-state index in [2.05, 4.69) is 5.32 Å². The highest BCUT2D eigenvalue weighted by Gasteiger charge is 2.30. The molecule has 17 heavy (non-hydrogen) atoms. The van der Waals surface area contributed by atoms with Gasteiger partial charge in [-0.15, -0.1) is 0 Å². The minimum absolute atomic E-state index is 0.0996. The second-order valence-electron chi connectivity index (χ2n) is 4.94. The van der Waals surface area contributed by atoms with Crippen molar-refractivity contribution in [2.24, 2.45) is 11.8 Å². The van der Waals surface area contributed by atoms with Crippen LogP contribution in [0.4, 0.5) is 5.69 Å². The van der Waals surface area contributed by atoms with E-state index in [1.54, 1.807) is 4.90 Å². The summed E-state index contributed by atoms with van der Waals surface area (Å²) in [5, 5.41) is 3.21. The Morgan fingerprint density at radius 2 is 1.94 bits per heavy atom. The molecule has 1 amide bonds. The van der Waals surface area contributed by atoms with Crippen LogP contribution >= 0.6 is 0 Å². The number of hydrogen-bond donors (Lipinski definition) is 1. The molecule has 2 rings (SSSR count). The summed E-state index contributed by atoms with van der Waals surface area (Å²) in [6.45, 7) is 6.01. The van der Waals surface area contributed by atoms with Crippen LogP contribution < -0.4 is 10.2 Å². The van der Waals surface area contributed by atoms with Gasteiger partial charge in [-0.2, -0.15) is 0 Å². The second-order valence-corrected chi connectivity index (χ2v) is 4.94. The molecule has 92 valence electrons. The molecule has 0 bridgehead atoms. The van der Waals surface area contributed by atoms with Crippen molar-refractivity contribution in [1.29, 1.82) is 0 Å². The second kappa shape index (κ2) is 4.88. The van der Waals surface area contributed by atoms with Crippen LogP contribution in [-0.4, -0.2) is 26.0 Å². The third kappa shape index (κ3) is 2.50. The molecule has 3 nitrogen and oxygen atoms in total. The lowest BCUT2D eigenvalue weighted by Crippen LogP contribution is -2.50. The van der Waals surface area contributed by atoms with Gasteiger partial charge in [-0.05, 0) is 38.1 Å². The molecule has 0 saturated carbocycles. The number of aryl methyl sites for hydroxylation is 1. The van der Waals surface area contributed by atoms with Crippen LogP contribution in [0.25, 0.3) is 0 Å². The van der Waals surface area contributed by atoms with E-state index in [1.165, 1.54) is 5.56 Å². The molecule has 3 heteroatoms. The summed E-state index contributed by atoms with van der Waals surface area (Å²) in [6, 6.07) is 8.07. The van der Waals surface area contributed by atoms with Gasteiger partial charge in [0.1, 0.15) is 0 Å². The monoisotopic (exact) mass is 232 g/mol. The maximum atomic E-state index is 12.3. The molecule has 0 radical (unpaired) electrons. The van der Waals surface area contributed by atoms with E-state index in [0.717, 1.165) is 18.8 Å². The number of anilines is 1. The highest BCUT2D eigenvalue weighted by molar-refractivity contribution is 5.94. The summed E-state index contributed by atoms with van der Waals surface area (Å²) in [5.41, 5.74) is 2.19. The van der Waals surface area contributed by atoms with E-state index >= 15 is 0 Å². The number of benzene rings is 1. The van der Waals surface area contributed by atoms with Crippen LogP contribution in [0.2, 0.25) is 0 Å². The van der Waals surface area contributed by atoms with Crippen molar-refractivity contribution in [2.45, 2.75) is 13.8 Å². The maximum absolute atomic E-state index is 12.3. The zero-order valence-corrected chi connectivity index (χ0v) is 10.7. The lowest BCUT2D eigenvalue weighted by Gasteiger charge is -2.34. The van der Waals surface area contributed by atoms with E-state index < -0.39 is 0 Å². The van der Waals surface area contributed by atoms with Gasteiger partial charge in [-0.25, -0.2) is 0 Å². The number of hydrogen-bond acceptors (Lipinski definition) is 2. The number of amides is 1. The maximum Gasteiger partial charge on any atom is 0.229 e. The predicted octanol–water partition coefficient (Wildman–Crippen LogP) is 1.81. The SMILES string of the molecule is Cc1ccc(N(C)C(=O)C(C)C2CNC2)cc1. The summed E-state index contributed by atoms with van der Waals surface area (Å²) < 4.78 is 0. The molecular formula is C14H20N2O. The third-order valence-electron chi connectivity index (χ3n) is 3.66. The quantitative estimate of drug-likeness (QED) is 0.862. The molecule has 1 aliphatic rings. The Labute approximate surface area is 103 Å². The first-order valence-electron chi connectivity index (χ1n) is 6.14. The van der Waals surface area contributed by atoms with Gasteiger partial charge in [0.15, 0.2) is 0 Å². The van der Waals surface area contributed by atoms with Crippen LogP contribution in [0.5, 0.6) is 0 Å². The first-order chi connectivity index (χ1) is 8.09. The summed E-state index contributed by atoms with van der Waals surface area (Å²) in [5.74, 6) is 0.804. The smallest absolute Gasteiger partial charge is 0.229 e. The first-order valence-corrected chi connectivity index (χ1v) is 6.14. The average Bonchev–Trinajstić information content (AvgIpc) is 2.25. The minimum atomic E-state index is 0.0996. The van der Waals surface area contributed by atoms with Gasteiger partial charge in [0.2, 0.25) is 5.91 Å². The Balaban J connectivity index is 2.05. The van der Waals surface area contributed by atoms with Crippen molar-refractivity contribution in [2.75, 3.05) is 25.0 Å². The van der Waals surface area contributed by atoms with E-state index in [4.69, 9.17) is 0 Å². The molecular weight excluding hydrogens is 212 g/mol. The van der Waals surface area contributed by atoms with Gasteiger partial charge in [0.25, 0.3) is 0 Å². The van der Waals surface area contributed by atoms with Crippen LogP contribution in [0.1, 0.15) is 12.5 Å². The molecule has 1 aromatic rings. The largest absolute Gasteiger partial charge is 0.316 e. The molecule has 1 aromatic carbocycles. The fraction of sp³-hybridized carbons (Fsp3) is 0.500. The van der Waals surface area contributed by atoms with Gasteiger partial charge in [0, 0.05) is 18.7 Å². The molecule has 1 N–H and O–H groups in total. The van der Waals surface area contributed by atoms with Gasteiger partial charge >= 0.3 is 0 Å². The minimum Gasteiger partial charge on any atom is -0.316 e. The molecule has 1 aliphatic heterocycles. The van der Waals surface area contributed by atoms with Crippen molar-refractivity contribution in [1.82, 2.24) is 5.32 Å². The standard InChI is InChI=1S/C14H20N2O/c1-10-4-6-13(7-5-10)16(3)14(17)11(2)12-8-15-9-12/h4-7,11-12,15H,8-9H2,1-3H3. The fourth-order valence-electron chi connectivity index (χ4n) is 2.07. The van der Waals surface area contributed by atoms with E-state index in [-0.39, 0.29) is 11.8 Å². The molecule has 1 atom stereocenters. The van der Waals surface area contributed by atoms with E-state index in [1.807, 2.05) is 45.2 Å². The van der Waals surface area contributed by atoms with Gasteiger partial charge in [-0.3, -0.25) is 4.79 Å². The first kappa shape index (κ1) is 12.1. The lowest BCUT2D eigenvalue weighted by atomic mass is 9.88. The summed E-state index contributed by atoms with van der Waals surface area (Å²) in [4.78, 5) is 14.0. The highest BCUT2D eigenvalue weighted by atomic mass is 16.2. The van der Waals surface area contributed by atoms with Crippen LogP contribution in [0, 0.1) is 18.8 Å².